The first-order valence-corrected chi connectivity index (χ1v) is 23.9. The van der Waals surface area contributed by atoms with E-state index < -0.39 is 90.4 Å². The molecule has 0 spiro atoms. The lowest BCUT2D eigenvalue weighted by atomic mass is 9.80. The maximum atomic E-state index is 14.9. The molecule has 71 heavy (non-hydrogen) atoms. The molecule has 8 rings (SSSR count). The van der Waals surface area contributed by atoms with Crippen LogP contribution in [0.5, 0.6) is 0 Å². The van der Waals surface area contributed by atoms with Gasteiger partial charge in [-0.25, -0.2) is 44.4 Å². The number of benzene rings is 4. The van der Waals surface area contributed by atoms with Crippen LogP contribution in [0.2, 0.25) is 0 Å². The van der Waals surface area contributed by atoms with Crippen LogP contribution in [-0.2, 0) is 20.0 Å². The highest BCUT2D eigenvalue weighted by atomic mass is 79.9. The van der Waals surface area contributed by atoms with Gasteiger partial charge in [-0.2, -0.15) is 10.2 Å². The number of aromatic nitrogens is 6. The highest BCUT2D eigenvalue weighted by Gasteiger charge is 2.26. The first-order chi connectivity index (χ1) is 33.5. The molecule has 29 heteroatoms. The fourth-order valence-corrected chi connectivity index (χ4v) is 7.58. The number of ketones is 2. The zero-order valence-corrected chi connectivity index (χ0v) is 39.2. The normalized spacial score (nSPS) is 10.9. The summed E-state index contributed by atoms with van der Waals surface area (Å²) in [6.45, 7) is 0. The molecule has 8 N–H and O–H groups in total. The van der Waals surface area contributed by atoms with Gasteiger partial charge in [-0.15, -0.1) is 0 Å². The molecule has 0 radical (unpaired) electrons. The highest BCUT2D eigenvalue weighted by molar-refractivity contribution is 9.10. The summed E-state index contributed by atoms with van der Waals surface area (Å²) in [5, 5.41) is 42.7. The van der Waals surface area contributed by atoms with E-state index in [4.69, 9.17) is 26.6 Å². The molecule has 364 valence electrons. The van der Waals surface area contributed by atoms with E-state index in [0.29, 0.717) is 43.9 Å². The van der Waals surface area contributed by atoms with Crippen LogP contribution < -0.4 is 20.6 Å². The van der Waals surface area contributed by atoms with E-state index in [1.807, 2.05) is 0 Å². The molecule has 4 heterocycles. The third-order valence-corrected chi connectivity index (χ3v) is 10.9. The molecule has 4 aromatic heterocycles. The highest BCUT2D eigenvalue weighted by Crippen LogP contribution is 2.30. The second-order valence-electron chi connectivity index (χ2n) is 14.4. The SMILES string of the molecule is CS(=O)(=O)Nc1c(F)ccc(C(=O)c2[nH]nc3ncc(-c4ccc(C(N)=O)cc4)cc23)c1F.CS(=O)(=O)Nc1c(F)ccc(C(=O)c2[nH]nc3ncc(Br)cc23)c1F.N#N.O=Cc1ccc(B(O)O)cc1. The topological polar surface area (TPSA) is 358 Å². The number of sulfonamides is 2. The molecule has 21 nitrogen and oxygen atoms in total. The molecular formula is C42H31BBrF4N11O10S2. The van der Waals surface area contributed by atoms with Crippen molar-refractivity contribution in [3.63, 3.8) is 0 Å². The third kappa shape index (κ3) is 13.1. The van der Waals surface area contributed by atoms with Gasteiger partial charge in [0.25, 0.3) is 0 Å². The predicted octanol–water partition coefficient (Wildman–Crippen LogP) is 4.41. The van der Waals surface area contributed by atoms with Crippen molar-refractivity contribution in [2.24, 2.45) is 5.73 Å². The molecule has 0 saturated heterocycles. The van der Waals surface area contributed by atoms with E-state index in [-0.39, 0.29) is 28.1 Å². The van der Waals surface area contributed by atoms with Gasteiger partial charge < -0.3 is 15.8 Å². The Labute approximate surface area is 406 Å². The number of pyridine rings is 2. The number of carbonyl (C=O) groups excluding carboxylic acids is 4. The lowest BCUT2D eigenvalue weighted by Crippen LogP contribution is -2.29. The minimum Gasteiger partial charge on any atom is -0.423 e. The number of primary amides is 1. The van der Waals surface area contributed by atoms with Crippen LogP contribution in [0.4, 0.5) is 28.9 Å². The molecule has 4 aromatic carbocycles. The number of aldehydes is 1. The number of rotatable bonds is 12. The molecule has 0 bridgehead atoms. The van der Waals surface area contributed by atoms with Gasteiger partial charge >= 0.3 is 7.12 Å². The van der Waals surface area contributed by atoms with E-state index in [1.165, 1.54) is 48.8 Å². The zero-order chi connectivity index (χ0) is 52.5. The second kappa shape index (κ2) is 22.4. The van der Waals surface area contributed by atoms with Gasteiger partial charge in [0.05, 0.1) is 34.4 Å². The Morgan fingerprint density at radius 3 is 1.56 bits per heavy atom. The van der Waals surface area contributed by atoms with Gasteiger partial charge in [-0.3, -0.25) is 38.8 Å². The molecule has 0 aliphatic rings. The van der Waals surface area contributed by atoms with E-state index in [2.05, 4.69) is 46.3 Å². The molecule has 8 aromatic rings. The van der Waals surface area contributed by atoms with Gasteiger partial charge in [0, 0.05) is 44.3 Å². The first kappa shape index (κ1) is 53.7. The van der Waals surface area contributed by atoms with Crippen LogP contribution in [0.1, 0.15) is 52.8 Å². The molecule has 0 unspecified atom stereocenters. The number of nitrogens with one attached hydrogen (secondary N) is 4. The van der Waals surface area contributed by atoms with E-state index in [0.717, 1.165) is 36.8 Å². The number of fused-ring (bicyclic) bond motifs is 2. The number of carbonyl (C=O) groups is 4. The standard InChI is InChI=1S/C21H15F2N5O4S.C14H9BrF2N4O3S.C7H7BO3.N2/c1-33(31,32)28-18-15(22)7-6-13(16(18)23)19(29)17-14-8-12(9-25-21(14)27-26-17)10-2-4-11(5-3-10)20(24)30;1-25(23,24)21-12-9(16)3-2-7(10(12)17)13(22)11-8-4-6(15)5-18-14(8)20-19-11;9-5-6-1-3-7(4-2-6)8(10)11;1-2/h2-9,28H,1H3,(H2,24,30)(H,25,26,27);2-5,21H,1H3,(H,18,19,20);1-5,10-11H;. The monoisotopic (exact) mass is 1080 g/mol. The number of nitrogens with two attached hydrogens (primary N) is 1. The van der Waals surface area contributed by atoms with Crippen molar-refractivity contribution in [3.05, 3.63) is 159 Å². The zero-order valence-electron chi connectivity index (χ0n) is 36.0. The van der Waals surface area contributed by atoms with E-state index in [9.17, 15) is 53.6 Å². The van der Waals surface area contributed by atoms with Crippen molar-refractivity contribution >= 4 is 106 Å². The number of amides is 1. The number of anilines is 2. The van der Waals surface area contributed by atoms with Gasteiger partial charge in [-0.05, 0) is 75.5 Å². The van der Waals surface area contributed by atoms with Gasteiger partial charge in [0.15, 0.2) is 22.9 Å². The average Bonchev–Trinajstić information content (AvgIpc) is 3.96. The Hall–Kier alpha value is -8.30. The lowest BCUT2D eigenvalue weighted by Gasteiger charge is -2.10. The van der Waals surface area contributed by atoms with E-state index in [1.54, 1.807) is 33.7 Å². The Morgan fingerprint density at radius 2 is 1.14 bits per heavy atom. The Bertz CT molecular complexity index is 3610. The third-order valence-electron chi connectivity index (χ3n) is 9.36. The molecular weight excluding hydrogens is 1050 g/mol. The Balaban J connectivity index is 0.000000217. The number of halogens is 5. The molecule has 0 saturated carbocycles. The number of H-pyrrole nitrogens is 2. The summed E-state index contributed by atoms with van der Waals surface area (Å²) >= 11 is 3.21. The van der Waals surface area contributed by atoms with Gasteiger partial charge in [0.2, 0.25) is 37.5 Å². The first-order valence-electron chi connectivity index (χ1n) is 19.3. The predicted molar refractivity (Wildman–Crippen MR) is 251 cm³/mol. The maximum absolute atomic E-state index is 14.9. The minimum atomic E-state index is -4.00. The lowest BCUT2D eigenvalue weighted by molar-refractivity contribution is 0.0996. The Morgan fingerprint density at radius 1 is 0.690 bits per heavy atom. The second-order valence-corrected chi connectivity index (χ2v) is 18.8. The molecule has 0 aliphatic carbocycles. The van der Waals surface area contributed by atoms with E-state index >= 15 is 0 Å². The van der Waals surface area contributed by atoms with Crippen LogP contribution in [-0.4, -0.2) is 101 Å². The minimum absolute atomic E-state index is 0.0559. The molecule has 1 amide bonds. The fourth-order valence-electron chi connectivity index (χ4n) is 6.13. The Kier molecular flexibility index (Phi) is 16.9. The fraction of sp³-hybridized carbons (Fsp3) is 0.0476. The van der Waals surface area contributed by atoms with Crippen LogP contribution in [0.3, 0.4) is 0 Å². The number of hydrogen-bond donors (Lipinski definition) is 7. The number of hydrogen-bond acceptors (Lipinski definition) is 16. The summed E-state index contributed by atoms with van der Waals surface area (Å²) in [6, 6.07) is 19.0. The summed E-state index contributed by atoms with van der Waals surface area (Å²) in [5.74, 6) is -7.28. The summed E-state index contributed by atoms with van der Waals surface area (Å²) in [7, 11) is -9.40. The number of aromatic amines is 2. The summed E-state index contributed by atoms with van der Waals surface area (Å²) in [6.07, 6.45) is 5.15. The summed E-state index contributed by atoms with van der Waals surface area (Å²) < 4.78 is 107. The summed E-state index contributed by atoms with van der Waals surface area (Å²) in [4.78, 5) is 55.3. The van der Waals surface area contributed by atoms with Crippen molar-refractivity contribution in [1.82, 2.24) is 30.4 Å². The maximum Gasteiger partial charge on any atom is 0.488 e. The van der Waals surface area contributed by atoms with Gasteiger partial charge in [0.1, 0.15) is 40.7 Å². The van der Waals surface area contributed by atoms with Crippen LogP contribution in [0.15, 0.2) is 102 Å². The largest absolute Gasteiger partial charge is 0.488 e. The number of nitrogens with zero attached hydrogens (tertiary/aromatic N) is 6. The molecule has 0 fully saturated rings. The van der Waals surface area contributed by atoms with Crippen molar-refractivity contribution < 1.29 is 63.6 Å². The average molecular weight is 1080 g/mol. The van der Waals surface area contributed by atoms with Gasteiger partial charge in [-0.1, -0.05) is 36.4 Å². The van der Waals surface area contributed by atoms with Crippen molar-refractivity contribution in [1.29, 1.82) is 10.8 Å². The smallest absolute Gasteiger partial charge is 0.423 e. The van der Waals surface area contributed by atoms with Crippen LogP contribution in [0.25, 0.3) is 33.2 Å². The molecule has 0 aliphatic heterocycles. The van der Waals surface area contributed by atoms with Crippen molar-refractivity contribution in [2.75, 3.05) is 22.0 Å². The van der Waals surface area contributed by atoms with Crippen molar-refractivity contribution in [2.45, 2.75) is 0 Å². The summed E-state index contributed by atoms with van der Waals surface area (Å²) in [5.41, 5.74) is 4.99. The van der Waals surface area contributed by atoms with Crippen LogP contribution >= 0.6 is 15.9 Å². The van der Waals surface area contributed by atoms with Crippen molar-refractivity contribution in [3.8, 4) is 11.1 Å². The quantitative estimate of drug-likeness (QED) is 0.0293. The molecule has 0 atom stereocenters. The van der Waals surface area contributed by atoms with Crippen LogP contribution in [0, 0.1) is 34.1 Å².